The van der Waals surface area contributed by atoms with E-state index < -0.39 is 25.2 Å². The van der Waals surface area contributed by atoms with Crippen molar-refractivity contribution in [2.24, 2.45) is 5.73 Å². The molecule has 0 saturated carbocycles. The summed E-state index contributed by atoms with van der Waals surface area (Å²) in [6.07, 6.45) is 5.29. The Morgan fingerprint density at radius 1 is 0.968 bits per heavy atom. The average Bonchev–Trinajstić information content (AvgIpc) is 2.66. The molecular formula is C22H42N2O4Si3. The van der Waals surface area contributed by atoms with Crippen LogP contribution in [0.5, 0.6) is 5.75 Å². The third-order valence-electron chi connectivity index (χ3n) is 4.82. The average molecular weight is 483 g/mol. The lowest BCUT2D eigenvalue weighted by Gasteiger charge is -2.38. The van der Waals surface area contributed by atoms with Gasteiger partial charge in [0.25, 0.3) is 0 Å². The molecule has 1 rings (SSSR count). The van der Waals surface area contributed by atoms with Gasteiger partial charge >= 0.3 is 8.56 Å². The van der Waals surface area contributed by atoms with Crippen molar-refractivity contribution in [3.05, 3.63) is 35.9 Å². The number of benzene rings is 1. The molecule has 0 aliphatic heterocycles. The number of nitrogens with one attached hydrogen (secondary N) is 1. The van der Waals surface area contributed by atoms with Crippen molar-refractivity contribution in [1.82, 2.24) is 5.32 Å². The highest BCUT2D eigenvalue weighted by Crippen LogP contribution is 2.25. The van der Waals surface area contributed by atoms with Gasteiger partial charge in [-0.2, -0.15) is 0 Å². The molecule has 176 valence electrons. The SMILES string of the molecule is COc1ccc(C=CC(=O)NCCC[Si](C)(C)O[Si](C)(C)O[Si](C)(C)CCCN)cc1. The zero-order valence-corrected chi connectivity index (χ0v) is 23.4. The zero-order chi connectivity index (χ0) is 23.5. The molecule has 0 atom stereocenters. The van der Waals surface area contributed by atoms with Gasteiger partial charge in [0.15, 0.2) is 16.6 Å². The van der Waals surface area contributed by atoms with E-state index in [1.807, 2.05) is 24.3 Å². The van der Waals surface area contributed by atoms with Crippen LogP contribution in [0.4, 0.5) is 0 Å². The van der Waals surface area contributed by atoms with Crippen LogP contribution in [0, 0.1) is 0 Å². The molecule has 0 radical (unpaired) electrons. The third-order valence-corrected chi connectivity index (χ3v) is 16.3. The van der Waals surface area contributed by atoms with Gasteiger partial charge in [-0.25, -0.2) is 0 Å². The van der Waals surface area contributed by atoms with Crippen LogP contribution in [0.3, 0.4) is 0 Å². The van der Waals surface area contributed by atoms with Gasteiger partial charge in [-0.05, 0) is 94.5 Å². The summed E-state index contributed by atoms with van der Waals surface area (Å²) in [6.45, 7) is 14.7. The molecule has 0 fully saturated rings. The molecule has 3 N–H and O–H groups in total. The predicted molar refractivity (Wildman–Crippen MR) is 138 cm³/mol. The van der Waals surface area contributed by atoms with Crippen molar-refractivity contribution >= 4 is 37.2 Å². The second kappa shape index (κ2) is 12.7. The first-order valence-corrected chi connectivity index (χ1v) is 20.1. The topological polar surface area (TPSA) is 82.8 Å². The molecule has 0 bridgehead atoms. The number of carbonyl (C=O) groups is 1. The Balaban J connectivity index is 2.40. The maximum atomic E-state index is 12.1. The summed E-state index contributed by atoms with van der Waals surface area (Å²) in [6, 6.07) is 9.65. The predicted octanol–water partition coefficient (Wildman–Crippen LogP) is 4.71. The summed E-state index contributed by atoms with van der Waals surface area (Å²) in [5.74, 6) is 0.718. The Morgan fingerprint density at radius 3 is 2.03 bits per heavy atom. The summed E-state index contributed by atoms with van der Waals surface area (Å²) in [4.78, 5) is 12.1. The fourth-order valence-corrected chi connectivity index (χ4v) is 17.7. The van der Waals surface area contributed by atoms with Crippen molar-refractivity contribution in [2.75, 3.05) is 20.2 Å². The molecule has 0 aliphatic rings. The molecular weight excluding hydrogens is 441 g/mol. The Kier molecular flexibility index (Phi) is 11.4. The molecule has 6 nitrogen and oxygen atoms in total. The fourth-order valence-electron chi connectivity index (χ4n) is 3.65. The summed E-state index contributed by atoms with van der Waals surface area (Å²) in [7, 11) is -4.17. The van der Waals surface area contributed by atoms with Crippen LogP contribution in [0.25, 0.3) is 6.08 Å². The molecule has 9 heteroatoms. The molecule has 0 aliphatic carbocycles. The van der Waals surface area contributed by atoms with Gasteiger partial charge in [-0.3, -0.25) is 4.79 Å². The summed E-state index contributed by atoms with van der Waals surface area (Å²) in [5.41, 5.74) is 6.63. The second-order valence-electron chi connectivity index (χ2n) is 9.52. The first-order chi connectivity index (χ1) is 14.4. The van der Waals surface area contributed by atoms with Gasteiger partial charge < -0.3 is 24.0 Å². The molecule has 0 aromatic heterocycles. The Hall–Kier alpha value is -1.24. The van der Waals surface area contributed by atoms with Crippen molar-refractivity contribution in [3.63, 3.8) is 0 Å². The summed E-state index contributed by atoms with van der Waals surface area (Å²) in [5, 5.41) is 2.96. The highest BCUT2D eigenvalue weighted by molar-refractivity contribution is 6.87. The van der Waals surface area contributed by atoms with Crippen molar-refractivity contribution in [1.29, 1.82) is 0 Å². The van der Waals surface area contributed by atoms with E-state index in [-0.39, 0.29) is 5.91 Å². The van der Waals surface area contributed by atoms with Crippen LogP contribution in [0.1, 0.15) is 18.4 Å². The lowest BCUT2D eigenvalue weighted by Crippen LogP contribution is -2.52. The van der Waals surface area contributed by atoms with E-state index >= 15 is 0 Å². The van der Waals surface area contributed by atoms with Crippen LogP contribution in [0.15, 0.2) is 30.3 Å². The summed E-state index contributed by atoms with van der Waals surface area (Å²) < 4.78 is 18.3. The number of nitrogens with two attached hydrogens (primary N) is 1. The van der Waals surface area contributed by atoms with Gasteiger partial charge in [-0.15, -0.1) is 0 Å². The second-order valence-corrected chi connectivity index (χ2v) is 22.0. The lowest BCUT2D eigenvalue weighted by atomic mass is 10.2. The van der Waals surface area contributed by atoms with E-state index in [4.69, 9.17) is 18.7 Å². The number of hydrogen-bond donors (Lipinski definition) is 2. The van der Waals surface area contributed by atoms with E-state index in [0.29, 0.717) is 13.1 Å². The minimum Gasteiger partial charge on any atom is -0.497 e. The molecule has 0 saturated heterocycles. The number of hydrogen-bond acceptors (Lipinski definition) is 5. The van der Waals surface area contributed by atoms with Crippen molar-refractivity contribution < 1.29 is 17.8 Å². The zero-order valence-electron chi connectivity index (χ0n) is 20.4. The first-order valence-electron chi connectivity index (χ1n) is 11.1. The highest BCUT2D eigenvalue weighted by atomic mass is 28.5. The fraction of sp³-hybridized carbons (Fsp3) is 0.591. The summed E-state index contributed by atoms with van der Waals surface area (Å²) >= 11 is 0. The largest absolute Gasteiger partial charge is 0.497 e. The third kappa shape index (κ3) is 12.4. The van der Waals surface area contributed by atoms with Gasteiger partial charge in [0.05, 0.1) is 7.11 Å². The molecule has 0 heterocycles. The van der Waals surface area contributed by atoms with Crippen LogP contribution in [-0.4, -0.2) is 51.3 Å². The molecule has 1 amide bonds. The van der Waals surface area contributed by atoms with E-state index in [0.717, 1.165) is 36.2 Å². The van der Waals surface area contributed by atoms with E-state index in [9.17, 15) is 4.79 Å². The lowest BCUT2D eigenvalue weighted by molar-refractivity contribution is -0.116. The Labute approximate surface area is 192 Å². The number of ether oxygens (including phenoxy) is 1. The van der Waals surface area contributed by atoms with Crippen LogP contribution in [-0.2, 0) is 13.0 Å². The highest BCUT2D eigenvalue weighted by Gasteiger charge is 2.39. The van der Waals surface area contributed by atoms with Crippen molar-refractivity contribution in [3.8, 4) is 5.75 Å². The minimum atomic E-state index is -2.19. The standard InChI is InChI=1S/C22H42N2O4Si3/c1-26-21-13-10-20(11-14-21)12-15-22(25)24-17-9-19-30(4,5)28-31(6,7)27-29(2,3)18-8-16-23/h10-15H,8-9,16-19,23H2,1-7H3,(H,24,25). The minimum absolute atomic E-state index is 0.0816. The number of amides is 1. The van der Waals surface area contributed by atoms with Gasteiger partial charge in [0, 0.05) is 12.6 Å². The number of methoxy groups -OCH3 is 1. The number of rotatable bonds is 14. The molecule has 0 spiro atoms. The molecule has 1 aromatic carbocycles. The number of carbonyl (C=O) groups excluding carboxylic acids is 1. The van der Waals surface area contributed by atoms with Gasteiger partial charge in [0.2, 0.25) is 5.91 Å². The van der Waals surface area contributed by atoms with Crippen molar-refractivity contribution in [2.45, 2.75) is 64.2 Å². The Bertz CT molecular complexity index is 707. The maximum Gasteiger partial charge on any atom is 0.311 e. The molecule has 1 aromatic rings. The van der Waals surface area contributed by atoms with Crippen LogP contribution in [0.2, 0.25) is 51.4 Å². The van der Waals surface area contributed by atoms with Gasteiger partial charge in [0.1, 0.15) is 5.75 Å². The smallest absolute Gasteiger partial charge is 0.311 e. The first kappa shape index (κ1) is 27.8. The quantitative estimate of drug-likeness (QED) is 0.228. The maximum absolute atomic E-state index is 12.1. The van der Waals surface area contributed by atoms with Crippen LogP contribution >= 0.6 is 0 Å². The molecule has 0 unspecified atom stereocenters. The van der Waals surface area contributed by atoms with E-state index in [1.165, 1.54) is 0 Å². The normalized spacial score (nSPS) is 12.9. The van der Waals surface area contributed by atoms with Gasteiger partial charge in [-0.1, -0.05) is 12.1 Å². The van der Waals surface area contributed by atoms with Crippen LogP contribution < -0.4 is 15.8 Å². The van der Waals surface area contributed by atoms with E-state index in [1.54, 1.807) is 19.3 Å². The van der Waals surface area contributed by atoms with E-state index in [2.05, 4.69) is 44.6 Å². The Morgan fingerprint density at radius 2 is 1.52 bits per heavy atom. The molecule has 31 heavy (non-hydrogen) atoms. The monoisotopic (exact) mass is 482 g/mol.